The lowest BCUT2D eigenvalue weighted by Gasteiger charge is -2.26. The first-order chi connectivity index (χ1) is 9.37. The van der Waals surface area contributed by atoms with Crippen molar-refractivity contribution in [1.82, 2.24) is 0 Å². The Morgan fingerprint density at radius 2 is 1.67 bits per heavy atom. The van der Waals surface area contributed by atoms with Crippen LogP contribution in [-0.4, -0.2) is 28.7 Å². The molecule has 0 aliphatic carbocycles. The maximum Gasteiger partial charge on any atom is 0.415 e. The van der Waals surface area contributed by atoms with Crippen molar-refractivity contribution in [3.05, 3.63) is 29.3 Å². The standard InChI is InChI=1S/C11H9F5N2O3/c1-10(17,11(14,15)16)9(21)18-7-3-6(13)5(12)2-4(7)8(19)20/h2-3H,17H2,1H3,(H,18,21)(H,19,20). The fourth-order valence-corrected chi connectivity index (χ4v) is 1.21. The molecule has 1 rings (SSSR count). The summed E-state index contributed by atoms with van der Waals surface area (Å²) < 4.78 is 63.6. The highest BCUT2D eigenvalue weighted by Crippen LogP contribution is 2.30. The van der Waals surface area contributed by atoms with E-state index in [0.717, 1.165) is 0 Å². The zero-order valence-corrected chi connectivity index (χ0v) is 10.4. The summed E-state index contributed by atoms with van der Waals surface area (Å²) in [5.41, 5.74) is -0.270. The third-order valence-corrected chi connectivity index (χ3v) is 2.60. The molecule has 1 amide bonds. The van der Waals surface area contributed by atoms with Crippen LogP contribution in [0.1, 0.15) is 17.3 Å². The van der Waals surface area contributed by atoms with Crippen LogP contribution in [0.2, 0.25) is 0 Å². The van der Waals surface area contributed by atoms with Crippen molar-refractivity contribution < 1.29 is 36.6 Å². The lowest BCUT2D eigenvalue weighted by Crippen LogP contribution is -2.59. The number of nitrogens with one attached hydrogen (secondary N) is 1. The average Bonchev–Trinajstić information content (AvgIpc) is 2.31. The Hall–Kier alpha value is -2.23. The van der Waals surface area contributed by atoms with Crippen molar-refractivity contribution in [1.29, 1.82) is 0 Å². The molecule has 1 aromatic carbocycles. The summed E-state index contributed by atoms with van der Waals surface area (Å²) in [6.07, 6.45) is -5.13. The van der Waals surface area contributed by atoms with Gasteiger partial charge in [0.15, 0.2) is 17.2 Å². The summed E-state index contributed by atoms with van der Waals surface area (Å²) in [5.74, 6) is -6.66. The minimum Gasteiger partial charge on any atom is -0.478 e. The quantitative estimate of drug-likeness (QED) is 0.743. The monoisotopic (exact) mass is 312 g/mol. The van der Waals surface area contributed by atoms with Gasteiger partial charge < -0.3 is 16.2 Å². The Bertz CT molecular complexity index is 598. The lowest BCUT2D eigenvalue weighted by atomic mass is 10.0. The van der Waals surface area contributed by atoms with E-state index in [1.165, 1.54) is 5.32 Å². The molecule has 1 atom stereocenters. The van der Waals surface area contributed by atoms with Gasteiger partial charge in [-0.3, -0.25) is 4.79 Å². The molecule has 0 radical (unpaired) electrons. The summed E-state index contributed by atoms with van der Waals surface area (Å²) in [7, 11) is 0. The number of benzene rings is 1. The number of hydrogen-bond donors (Lipinski definition) is 3. The van der Waals surface area contributed by atoms with Crippen LogP contribution in [0, 0.1) is 11.6 Å². The second-order valence-electron chi connectivity index (χ2n) is 4.27. The van der Waals surface area contributed by atoms with E-state index in [0.29, 0.717) is 6.92 Å². The van der Waals surface area contributed by atoms with Crippen LogP contribution in [0.3, 0.4) is 0 Å². The fourth-order valence-electron chi connectivity index (χ4n) is 1.21. The number of carboxylic acids is 1. The molecule has 21 heavy (non-hydrogen) atoms. The van der Waals surface area contributed by atoms with Crippen LogP contribution in [-0.2, 0) is 4.79 Å². The maximum atomic E-state index is 13.0. The number of rotatable bonds is 3. The van der Waals surface area contributed by atoms with Gasteiger partial charge in [-0.05, 0) is 13.0 Å². The molecule has 0 spiro atoms. The number of aromatic carboxylic acids is 1. The number of anilines is 1. The topological polar surface area (TPSA) is 92.4 Å². The predicted molar refractivity (Wildman–Crippen MR) is 60.6 cm³/mol. The molecule has 0 heterocycles. The fraction of sp³-hybridized carbons (Fsp3) is 0.273. The molecule has 4 N–H and O–H groups in total. The second-order valence-corrected chi connectivity index (χ2v) is 4.27. The van der Waals surface area contributed by atoms with Crippen molar-refractivity contribution in [2.45, 2.75) is 18.6 Å². The first kappa shape index (κ1) is 16.8. The third kappa shape index (κ3) is 3.27. The number of halogens is 5. The number of nitrogens with two attached hydrogens (primary N) is 1. The van der Waals surface area contributed by atoms with Gasteiger partial charge in [0.05, 0.1) is 11.3 Å². The van der Waals surface area contributed by atoms with E-state index >= 15 is 0 Å². The van der Waals surface area contributed by atoms with E-state index < -0.39 is 46.5 Å². The number of carbonyl (C=O) groups excluding carboxylic acids is 1. The summed E-state index contributed by atoms with van der Waals surface area (Å²) in [6.45, 7) is 0.350. The Balaban J connectivity index is 3.23. The number of alkyl halides is 3. The lowest BCUT2D eigenvalue weighted by molar-refractivity contribution is -0.184. The van der Waals surface area contributed by atoms with Crippen LogP contribution >= 0.6 is 0 Å². The molecule has 0 aliphatic heterocycles. The van der Waals surface area contributed by atoms with E-state index in [1.54, 1.807) is 0 Å². The molecular formula is C11H9F5N2O3. The van der Waals surface area contributed by atoms with Crippen LogP contribution in [0.4, 0.5) is 27.6 Å². The number of amides is 1. The first-order valence-corrected chi connectivity index (χ1v) is 5.27. The van der Waals surface area contributed by atoms with Crippen LogP contribution in [0.15, 0.2) is 12.1 Å². The molecule has 0 aliphatic rings. The number of carbonyl (C=O) groups is 2. The minimum atomic E-state index is -5.13. The zero-order valence-electron chi connectivity index (χ0n) is 10.4. The van der Waals surface area contributed by atoms with Gasteiger partial charge in [-0.25, -0.2) is 13.6 Å². The van der Waals surface area contributed by atoms with Crippen LogP contribution in [0.25, 0.3) is 0 Å². The van der Waals surface area contributed by atoms with E-state index in [4.69, 9.17) is 10.8 Å². The third-order valence-electron chi connectivity index (χ3n) is 2.60. The Kier molecular flexibility index (Phi) is 4.23. The van der Waals surface area contributed by atoms with Crippen molar-refractivity contribution in [3.63, 3.8) is 0 Å². The highest BCUT2D eigenvalue weighted by molar-refractivity contribution is 6.03. The molecular weight excluding hydrogens is 303 g/mol. The Morgan fingerprint density at radius 3 is 2.10 bits per heavy atom. The predicted octanol–water partition coefficient (Wildman–Crippen LogP) is 1.88. The smallest absolute Gasteiger partial charge is 0.415 e. The van der Waals surface area contributed by atoms with Gasteiger partial charge in [0.1, 0.15) is 0 Å². The van der Waals surface area contributed by atoms with Crippen molar-refractivity contribution in [2.75, 3.05) is 5.32 Å². The van der Waals surface area contributed by atoms with E-state index in [1.807, 2.05) is 0 Å². The van der Waals surface area contributed by atoms with Gasteiger partial charge in [-0.2, -0.15) is 13.2 Å². The molecule has 1 unspecified atom stereocenters. The first-order valence-electron chi connectivity index (χ1n) is 5.27. The van der Waals surface area contributed by atoms with E-state index in [-0.39, 0.29) is 12.1 Å². The molecule has 0 saturated carbocycles. The van der Waals surface area contributed by atoms with E-state index in [2.05, 4.69) is 0 Å². The SMILES string of the molecule is CC(N)(C(=O)Nc1cc(F)c(F)cc1C(=O)O)C(F)(F)F. The van der Waals surface area contributed by atoms with Crippen molar-refractivity contribution in [3.8, 4) is 0 Å². The number of carboxylic acid groups (broad SMARTS) is 1. The molecule has 0 aromatic heterocycles. The average molecular weight is 312 g/mol. The molecule has 1 aromatic rings. The molecule has 0 saturated heterocycles. The summed E-state index contributed by atoms with van der Waals surface area (Å²) in [4.78, 5) is 22.3. The highest BCUT2D eigenvalue weighted by Gasteiger charge is 2.54. The molecule has 0 bridgehead atoms. The summed E-state index contributed by atoms with van der Waals surface area (Å²) in [6, 6.07) is 0.484. The number of hydrogen-bond acceptors (Lipinski definition) is 3. The van der Waals surface area contributed by atoms with Gasteiger partial charge in [0.25, 0.3) is 5.91 Å². The zero-order chi connectivity index (χ0) is 16.6. The van der Waals surface area contributed by atoms with Gasteiger partial charge in [-0.15, -0.1) is 0 Å². The van der Waals surface area contributed by atoms with Gasteiger partial charge in [0, 0.05) is 6.07 Å². The summed E-state index contributed by atoms with van der Waals surface area (Å²) in [5, 5.41) is 10.3. The molecule has 0 fully saturated rings. The largest absolute Gasteiger partial charge is 0.478 e. The Labute approximate surface area is 114 Å². The van der Waals surface area contributed by atoms with Gasteiger partial charge >= 0.3 is 12.1 Å². The highest BCUT2D eigenvalue weighted by atomic mass is 19.4. The van der Waals surface area contributed by atoms with Crippen molar-refractivity contribution >= 4 is 17.6 Å². The van der Waals surface area contributed by atoms with Crippen LogP contribution < -0.4 is 11.1 Å². The molecule has 10 heteroatoms. The van der Waals surface area contributed by atoms with Gasteiger partial charge in [-0.1, -0.05) is 0 Å². The van der Waals surface area contributed by atoms with E-state index in [9.17, 15) is 31.5 Å². The maximum absolute atomic E-state index is 13.0. The molecule has 116 valence electrons. The summed E-state index contributed by atoms with van der Waals surface area (Å²) >= 11 is 0. The normalized spacial score (nSPS) is 14.4. The molecule has 5 nitrogen and oxygen atoms in total. The second kappa shape index (κ2) is 5.28. The van der Waals surface area contributed by atoms with Crippen molar-refractivity contribution in [2.24, 2.45) is 5.73 Å². The van der Waals surface area contributed by atoms with Crippen LogP contribution in [0.5, 0.6) is 0 Å². The van der Waals surface area contributed by atoms with Gasteiger partial charge in [0.2, 0.25) is 0 Å². The minimum absolute atomic E-state index is 0.231. The Morgan fingerprint density at radius 1 is 1.19 bits per heavy atom.